The number of aromatic nitrogens is 1. The number of aliphatic carboxylic acids is 2. The molecule has 2 aromatic carbocycles. The van der Waals surface area contributed by atoms with Gasteiger partial charge in [0.2, 0.25) is 0 Å². The van der Waals surface area contributed by atoms with E-state index in [2.05, 4.69) is 59.1 Å². The molecule has 0 unspecified atom stereocenters. The molecule has 9 aromatic rings. The SMILES string of the molecule is [C-]#[N+]/C(C(=O)O)=c1\s/c(=C\c2sc(-c3sc(-c4sc(-c5sc(-c6sc(-c7sc(-c8ccc9c(c8)Sc8ccccc8N9CCCCCC)c8c7OCCO8)c7c6OCCO7)c6c5OCCO6)c5c4OCCO5)c4c3OCCO4)c3c2OCCO3)c(=O)n1CC(=O)O. The van der Waals surface area contributed by atoms with Crippen LogP contribution in [0.5, 0.6) is 69.0 Å². The van der Waals surface area contributed by atoms with Gasteiger partial charge in [0.05, 0.1) is 81.0 Å². The van der Waals surface area contributed by atoms with Crippen LogP contribution in [0, 0.1) is 6.57 Å². The molecule has 0 spiro atoms. The lowest BCUT2D eigenvalue weighted by atomic mass is 10.1. The molecule has 16 rings (SSSR count). The van der Waals surface area contributed by atoms with Crippen LogP contribution in [-0.4, -0.2) is 113 Å². The summed E-state index contributed by atoms with van der Waals surface area (Å²) in [5, 5.41) is 19.5. The quantitative estimate of drug-likeness (QED) is 0.0721. The van der Waals surface area contributed by atoms with E-state index in [1.54, 1.807) is 34.4 Å². The maximum atomic E-state index is 13.8. The lowest BCUT2D eigenvalue weighted by molar-refractivity contribution is -0.138. The van der Waals surface area contributed by atoms with Crippen LogP contribution in [-0.2, 0) is 16.1 Å². The lowest BCUT2D eigenvalue weighted by Crippen LogP contribution is -2.35. The fraction of sp³-hybridized carbons (Fsp3) is 0.302. The third kappa shape index (κ3) is 9.92. The van der Waals surface area contributed by atoms with Crippen molar-refractivity contribution in [1.29, 1.82) is 0 Å². The van der Waals surface area contributed by atoms with E-state index in [0.29, 0.717) is 146 Å². The Morgan fingerprint density at radius 1 is 0.505 bits per heavy atom. The largest absolute Gasteiger partial charge is 0.486 e. The minimum atomic E-state index is -1.59. The number of unbranched alkanes of at least 4 members (excludes halogenated alkanes) is 3. The van der Waals surface area contributed by atoms with Crippen LogP contribution in [0.25, 0.3) is 75.8 Å². The number of nitrogens with zero attached hydrogens (tertiary/aromatic N) is 3. The predicted octanol–water partition coefficient (Wildman–Crippen LogP) is 13.1. The van der Waals surface area contributed by atoms with Crippen LogP contribution >= 0.6 is 91.1 Å². The summed E-state index contributed by atoms with van der Waals surface area (Å²) >= 11 is 11.3. The minimum Gasteiger partial charge on any atom is -0.486 e. The molecule has 91 heavy (non-hydrogen) atoms. The van der Waals surface area contributed by atoms with E-state index in [1.807, 2.05) is 0 Å². The lowest BCUT2D eigenvalue weighted by Gasteiger charge is -2.33. The number of thiazole rings is 1. The van der Waals surface area contributed by atoms with Gasteiger partial charge in [0, 0.05) is 16.3 Å². The fourth-order valence-electron chi connectivity index (χ4n) is 11.7. The van der Waals surface area contributed by atoms with Crippen molar-refractivity contribution in [3.63, 3.8) is 0 Å². The number of thiophene rings is 6. The molecule has 28 heteroatoms. The van der Waals surface area contributed by atoms with Gasteiger partial charge in [0.25, 0.3) is 5.56 Å². The minimum absolute atomic E-state index is 0.00671. The molecule has 2 N–H and O–H groups in total. The Labute approximate surface area is 549 Å². The van der Waals surface area contributed by atoms with Gasteiger partial charge in [-0.1, -0.05) is 56.1 Å². The summed E-state index contributed by atoms with van der Waals surface area (Å²) in [7, 11) is 0. The topological polar surface area (TPSA) is 215 Å². The Morgan fingerprint density at radius 2 is 0.912 bits per heavy atom. The molecule has 466 valence electrons. The predicted molar refractivity (Wildman–Crippen MR) is 351 cm³/mol. The Morgan fingerprint density at radius 3 is 1.35 bits per heavy atom. The van der Waals surface area contributed by atoms with E-state index >= 15 is 0 Å². The van der Waals surface area contributed by atoms with Crippen LogP contribution in [0.3, 0.4) is 0 Å². The first kappa shape index (κ1) is 58.1. The van der Waals surface area contributed by atoms with E-state index in [0.717, 1.165) is 62.1 Å². The fourth-order valence-corrected chi connectivity index (χ4v) is 21.7. The normalized spacial score (nSPS) is 16.0. The molecule has 7 aromatic heterocycles. The average molecular weight is 1380 g/mol. The number of carboxylic acids is 2. The van der Waals surface area contributed by atoms with Crippen molar-refractivity contribution in [3.05, 3.63) is 78.3 Å². The van der Waals surface area contributed by atoms with Gasteiger partial charge < -0.3 is 72.0 Å². The smallest absolute Gasteiger partial charge is 0.336 e. The maximum Gasteiger partial charge on any atom is 0.336 e. The highest BCUT2D eigenvalue weighted by molar-refractivity contribution is 7.99. The molecule has 0 fully saturated rings. The van der Waals surface area contributed by atoms with Gasteiger partial charge in [-0.05, 0) is 42.3 Å². The molecule has 0 radical (unpaired) electrons. The maximum absolute atomic E-state index is 13.8. The Kier molecular flexibility index (Phi) is 15.3. The van der Waals surface area contributed by atoms with Gasteiger partial charge in [0.15, 0.2) is 69.0 Å². The van der Waals surface area contributed by atoms with Crippen molar-refractivity contribution in [1.82, 2.24) is 4.57 Å². The number of ether oxygens (including phenoxy) is 12. The second kappa shape index (κ2) is 23.9. The number of benzene rings is 2. The monoisotopic (exact) mass is 1380 g/mol. The van der Waals surface area contributed by atoms with Crippen LogP contribution in [0.15, 0.2) is 57.1 Å². The molecule has 0 amide bonds. The molecule has 7 aliphatic heterocycles. The molecule has 14 heterocycles. The number of fused-ring (bicyclic) bond motifs is 8. The number of anilines is 2. The van der Waals surface area contributed by atoms with Crippen molar-refractivity contribution in [2.75, 3.05) is 90.7 Å². The van der Waals surface area contributed by atoms with E-state index in [4.69, 9.17) is 63.4 Å². The molecule has 0 saturated carbocycles. The number of hydrogen-bond donors (Lipinski definition) is 2. The zero-order valence-corrected chi connectivity index (χ0v) is 54.5. The van der Waals surface area contributed by atoms with E-state index in [9.17, 15) is 24.6 Å². The number of hydrogen-bond acceptors (Lipinski definition) is 24. The van der Waals surface area contributed by atoms with Crippen molar-refractivity contribution in [2.24, 2.45) is 0 Å². The summed E-state index contributed by atoms with van der Waals surface area (Å²) in [6.45, 7) is 13.5. The Bertz CT molecular complexity index is 4720. The first-order valence-corrected chi connectivity index (χ1v) is 35.7. The van der Waals surface area contributed by atoms with Crippen LogP contribution < -0.4 is 76.5 Å². The molecule has 0 bridgehead atoms. The summed E-state index contributed by atoms with van der Waals surface area (Å²) < 4.78 is 78.8. The van der Waals surface area contributed by atoms with Crippen molar-refractivity contribution in [3.8, 4) is 128 Å². The summed E-state index contributed by atoms with van der Waals surface area (Å²) in [6, 6.07) is 15.4. The van der Waals surface area contributed by atoms with Gasteiger partial charge >= 0.3 is 17.6 Å². The van der Waals surface area contributed by atoms with Gasteiger partial charge in [-0.25, -0.2) is 4.85 Å². The van der Waals surface area contributed by atoms with Crippen molar-refractivity contribution < 1.29 is 76.6 Å². The number of para-hydroxylation sites is 1. The van der Waals surface area contributed by atoms with Gasteiger partial charge in [-0.2, -0.15) is 0 Å². The number of rotatable bonds is 15. The van der Waals surface area contributed by atoms with E-state index in [1.165, 1.54) is 91.9 Å². The van der Waals surface area contributed by atoms with Gasteiger partial charge in [-0.3, -0.25) is 19.0 Å². The second-order valence-electron chi connectivity index (χ2n) is 21.2. The van der Waals surface area contributed by atoms with E-state index in [-0.39, 0.29) is 42.2 Å². The van der Waals surface area contributed by atoms with Crippen LogP contribution in [0.1, 0.15) is 37.5 Å². The highest BCUT2D eigenvalue weighted by Crippen LogP contribution is 2.69. The third-order valence-electron chi connectivity index (χ3n) is 15.6. The molecule has 0 atom stereocenters. The highest BCUT2D eigenvalue weighted by Gasteiger charge is 2.41. The summed E-state index contributed by atoms with van der Waals surface area (Å²) in [5.74, 6) is 3.53. The molecule has 7 aliphatic rings. The third-order valence-corrected chi connectivity index (χ3v) is 25.5. The van der Waals surface area contributed by atoms with Crippen LogP contribution in [0.4, 0.5) is 11.4 Å². The molecular weight excluding hydrogens is 1330 g/mol. The first-order chi connectivity index (χ1) is 44.6. The van der Waals surface area contributed by atoms with Crippen LogP contribution in [0.2, 0.25) is 0 Å². The highest BCUT2D eigenvalue weighted by atomic mass is 32.2. The average Bonchev–Trinajstić information content (AvgIpc) is 1.62. The van der Waals surface area contributed by atoms with Crippen molar-refractivity contribution in [2.45, 2.75) is 48.9 Å². The molecule has 0 aliphatic carbocycles. The molecule has 0 saturated heterocycles. The van der Waals surface area contributed by atoms with Gasteiger partial charge in [0.1, 0.15) is 90.5 Å². The zero-order chi connectivity index (χ0) is 61.6. The molecule has 20 nitrogen and oxygen atoms in total. The zero-order valence-electron chi connectivity index (χ0n) is 48.0. The van der Waals surface area contributed by atoms with Gasteiger partial charge in [-0.15, -0.1) is 79.4 Å². The van der Waals surface area contributed by atoms with E-state index < -0.39 is 29.7 Å². The summed E-state index contributed by atoms with van der Waals surface area (Å²) in [4.78, 5) is 54.8. The second-order valence-corrected chi connectivity index (χ2v) is 29.4. The first-order valence-electron chi connectivity index (χ1n) is 29.2. The Balaban J connectivity index is 0.789. The Hall–Kier alpha value is -8.01. The summed E-state index contributed by atoms with van der Waals surface area (Å²) in [5.41, 5.74) is 1.93. The standard InChI is InChI=1S/C63H49N3O17S8/c1-3-4-5-8-13-65-30-9-6-7-10-32(30)84-33-26-29(11-12-31(33)65)50-40-41(75-17-16-74-40)53(87-50)54-44-45(79-21-20-78-44)57(89-54)58-48-49(83-25-24-82-48)60(91-58)59-47-46(80-22-23-81-47)56(90-59)55-43-42(76-18-19-77-43)52(88-55)51-39-38(72-14-15-73-39)34(85-51)27-35-61(69)66(28-36(67)68)62(86-35)37(64-2)63(70)71/h6-7,9-12,26-27H,3-5,8,13-25,28H2,1H3,(H,67,68)(H,70,71)/b35-27-,62-37-. The van der Waals surface area contributed by atoms with Crippen molar-refractivity contribution >= 4 is 126 Å². The summed E-state index contributed by atoms with van der Waals surface area (Å²) in [6.07, 6.45) is 6.20. The number of carboxylic acid groups (broad SMARTS) is 2. The number of carbonyl (C=O) groups is 2. The molecular formula is C63H49N3O17S8.